The monoisotopic (exact) mass is 398 g/mol. The molecule has 1 unspecified atom stereocenters. The largest absolute Gasteiger partial charge is 0.497 e. The van der Waals surface area contributed by atoms with Gasteiger partial charge in [-0.2, -0.15) is 0 Å². The molecule has 0 radical (unpaired) electrons. The van der Waals surface area contributed by atoms with Crippen molar-refractivity contribution in [3.05, 3.63) is 48.2 Å². The average Bonchev–Trinajstić information content (AvgIpc) is 3.01. The van der Waals surface area contributed by atoms with Gasteiger partial charge in [-0.05, 0) is 30.2 Å². The van der Waals surface area contributed by atoms with Crippen molar-refractivity contribution in [2.24, 2.45) is 0 Å². The minimum atomic E-state index is -0.722. The number of hydrogen-bond acceptors (Lipinski definition) is 6. The number of amides is 4. The van der Waals surface area contributed by atoms with Gasteiger partial charge in [0, 0.05) is 12.5 Å². The van der Waals surface area contributed by atoms with Gasteiger partial charge in [-0.1, -0.05) is 12.1 Å². The highest BCUT2D eigenvalue weighted by molar-refractivity contribution is 6.04. The van der Waals surface area contributed by atoms with Gasteiger partial charge in [0.05, 0.1) is 32.6 Å². The van der Waals surface area contributed by atoms with E-state index in [2.05, 4.69) is 15.6 Å². The smallest absolute Gasteiger partial charge is 0.325 e. The number of benzene rings is 1. The number of ether oxygens (including phenoxy) is 2. The number of rotatable bonds is 8. The molecule has 3 rings (SSSR count). The number of urea groups is 1. The van der Waals surface area contributed by atoms with E-state index in [0.29, 0.717) is 17.3 Å². The summed E-state index contributed by atoms with van der Waals surface area (Å²) >= 11 is 0. The molecule has 2 N–H and O–H groups in total. The number of nitrogens with one attached hydrogen (secondary N) is 2. The van der Waals surface area contributed by atoms with Crippen molar-refractivity contribution in [2.75, 3.05) is 19.5 Å². The third-order valence-electron chi connectivity index (χ3n) is 4.50. The van der Waals surface area contributed by atoms with Gasteiger partial charge in [0.15, 0.2) is 0 Å². The van der Waals surface area contributed by atoms with Crippen molar-refractivity contribution in [2.45, 2.75) is 25.4 Å². The summed E-state index contributed by atoms with van der Waals surface area (Å²) in [6.07, 6.45) is 1.77. The lowest BCUT2D eigenvalue weighted by Gasteiger charge is -2.13. The molecule has 0 bridgehead atoms. The number of methoxy groups -OCH3 is 2. The van der Waals surface area contributed by atoms with Crippen molar-refractivity contribution in [3.63, 3.8) is 0 Å². The Kier molecular flexibility index (Phi) is 6.28. The first-order valence-electron chi connectivity index (χ1n) is 9.05. The molecule has 1 fully saturated rings. The van der Waals surface area contributed by atoms with Gasteiger partial charge < -0.3 is 20.1 Å². The Bertz CT molecular complexity index is 883. The minimum Gasteiger partial charge on any atom is -0.497 e. The molecule has 1 atom stereocenters. The summed E-state index contributed by atoms with van der Waals surface area (Å²) in [4.78, 5) is 42.0. The Morgan fingerprint density at radius 1 is 1.14 bits per heavy atom. The number of imide groups is 1. The fraction of sp³-hybridized carbons (Fsp3) is 0.300. The van der Waals surface area contributed by atoms with Crippen LogP contribution in [0, 0.1) is 0 Å². The summed E-state index contributed by atoms with van der Waals surface area (Å²) in [5.74, 6) is 0.526. The van der Waals surface area contributed by atoms with Crippen molar-refractivity contribution >= 4 is 23.5 Å². The highest BCUT2D eigenvalue weighted by Crippen LogP contribution is 2.18. The molecule has 1 aromatic heterocycles. The van der Waals surface area contributed by atoms with Crippen LogP contribution in [0.3, 0.4) is 0 Å². The van der Waals surface area contributed by atoms with Crippen molar-refractivity contribution < 1.29 is 23.9 Å². The molecule has 152 valence electrons. The Morgan fingerprint density at radius 3 is 2.52 bits per heavy atom. The Morgan fingerprint density at radius 2 is 1.90 bits per heavy atom. The van der Waals surface area contributed by atoms with Crippen LogP contribution in [0.25, 0.3) is 0 Å². The molecular weight excluding hydrogens is 376 g/mol. The van der Waals surface area contributed by atoms with E-state index in [1.54, 1.807) is 43.5 Å². The summed E-state index contributed by atoms with van der Waals surface area (Å²) in [6.45, 7) is 0.162. The van der Waals surface area contributed by atoms with Crippen LogP contribution in [0.2, 0.25) is 0 Å². The van der Waals surface area contributed by atoms with E-state index in [1.165, 1.54) is 13.3 Å². The zero-order valence-electron chi connectivity index (χ0n) is 16.2. The number of aromatic nitrogens is 1. The van der Waals surface area contributed by atoms with Crippen LogP contribution in [0.5, 0.6) is 11.6 Å². The van der Waals surface area contributed by atoms with Gasteiger partial charge in [-0.25, -0.2) is 9.78 Å². The van der Waals surface area contributed by atoms with Gasteiger partial charge in [0.1, 0.15) is 11.8 Å². The molecule has 0 saturated carbocycles. The molecule has 2 heterocycles. The maximum atomic E-state index is 12.5. The fourth-order valence-corrected chi connectivity index (χ4v) is 2.91. The normalized spacial score (nSPS) is 15.8. The van der Waals surface area contributed by atoms with Gasteiger partial charge in [0.25, 0.3) is 5.91 Å². The molecule has 2 aromatic rings. The predicted molar refractivity (Wildman–Crippen MR) is 105 cm³/mol. The van der Waals surface area contributed by atoms with Crippen LogP contribution in [-0.4, -0.2) is 48.0 Å². The van der Waals surface area contributed by atoms with E-state index in [9.17, 15) is 14.4 Å². The standard InChI is InChI=1S/C20H22N4O5/c1-28-15-6-3-13(4-7-15)12-24-19(26)16(23-20(24)27)8-9-17(25)22-14-5-10-18(29-2)21-11-14/h3-7,10-11,16H,8-9,12H2,1-2H3,(H,22,25)(H,23,27). The molecule has 9 heteroatoms. The first-order valence-corrected chi connectivity index (χ1v) is 9.05. The Balaban J connectivity index is 1.51. The van der Waals surface area contributed by atoms with E-state index in [0.717, 1.165) is 10.5 Å². The van der Waals surface area contributed by atoms with Gasteiger partial charge in [-0.15, -0.1) is 0 Å². The molecular formula is C20H22N4O5. The Hall–Kier alpha value is -3.62. The maximum Gasteiger partial charge on any atom is 0.325 e. The predicted octanol–water partition coefficient (Wildman–Crippen LogP) is 1.94. The Labute approximate surface area is 168 Å². The summed E-state index contributed by atoms with van der Waals surface area (Å²) in [6, 6.07) is 9.24. The van der Waals surface area contributed by atoms with Crippen molar-refractivity contribution in [1.29, 1.82) is 0 Å². The van der Waals surface area contributed by atoms with Crippen molar-refractivity contribution in [1.82, 2.24) is 15.2 Å². The molecule has 0 spiro atoms. The summed E-state index contributed by atoms with van der Waals surface area (Å²) in [7, 11) is 3.07. The SMILES string of the molecule is COc1ccc(CN2C(=O)NC(CCC(=O)Nc3ccc(OC)nc3)C2=O)cc1. The van der Waals surface area contributed by atoms with E-state index < -0.39 is 12.1 Å². The van der Waals surface area contributed by atoms with Crippen LogP contribution < -0.4 is 20.1 Å². The topological polar surface area (TPSA) is 110 Å². The number of pyridine rings is 1. The highest BCUT2D eigenvalue weighted by atomic mass is 16.5. The van der Waals surface area contributed by atoms with Gasteiger partial charge >= 0.3 is 6.03 Å². The molecule has 9 nitrogen and oxygen atoms in total. The second-order valence-corrected chi connectivity index (χ2v) is 6.45. The van der Waals surface area contributed by atoms with Crippen LogP contribution in [0.4, 0.5) is 10.5 Å². The third-order valence-corrected chi connectivity index (χ3v) is 4.50. The summed E-state index contributed by atoms with van der Waals surface area (Å²) in [5.41, 5.74) is 1.33. The summed E-state index contributed by atoms with van der Waals surface area (Å²) in [5, 5.41) is 5.33. The minimum absolute atomic E-state index is 0.0824. The molecule has 1 aliphatic rings. The van der Waals surface area contributed by atoms with Gasteiger partial charge in [0.2, 0.25) is 11.8 Å². The number of carbonyl (C=O) groups is 3. The highest BCUT2D eigenvalue weighted by Gasteiger charge is 2.37. The zero-order chi connectivity index (χ0) is 20.8. The molecule has 29 heavy (non-hydrogen) atoms. The lowest BCUT2D eigenvalue weighted by molar-refractivity contribution is -0.128. The zero-order valence-corrected chi connectivity index (χ0v) is 16.2. The third kappa shape index (κ3) is 5.01. The molecule has 1 aromatic carbocycles. The number of anilines is 1. The fourth-order valence-electron chi connectivity index (χ4n) is 2.91. The van der Waals surface area contributed by atoms with E-state index in [-0.39, 0.29) is 31.2 Å². The first kappa shape index (κ1) is 20.1. The van der Waals surface area contributed by atoms with E-state index >= 15 is 0 Å². The molecule has 1 saturated heterocycles. The number of hydrogen-bond donors (Lipinski definition) is 2. The van der Waals surface area contributed by atoms with Gasteiger partial charge in [-0.3, -0.25) is 14.5 Å². The van der Waals surface area contributed by atoms with E-state index in [4.69, 9.17) is 9.47 Å². The quantitative estimate of drug-likeness (QED) is 0.658. The van der Waals surface area contributed by atoms with E-state index in [1.807, 2.05) is 0 Å². The molecule has 4 amide bonds. The lowest BCUT2D eigenvalue weighted by Crippen LogP contribution is -2.31. The number of nitrogens with zero attached hydrogens (tertiary/aromatic N) is 2. The molecule has 0 aliphatic carbocycles. The second-order valence-electron chi connectivity index (χ2n) is 6.45. The molecule has 1 aliphatic heterocycles. The van der Waals surface area contributed by atoms with Crippen LogP contribution >= 0.6 is 0 Å². The van der Waals surface area contributed by atoms with Crippen LogP contribution in [-0.2, 0) is 16.1 Å². The van der Waals surface area contributed by atoms with Crippen LogP contribution in [0.15, 0.2) is 42.6 Å². The average molecular weight is 398 g/mol. The maximum absolute atomic E-state index is 12.5. The lowest BCUT2D eigenvalue weighted by atomic mass is 10.1. The van der Waals surface area contributed by atoms with Crippen LogP contribution in [0.1, 0.15) is 18.4 Å². The first-order chi connectivity index (χ1) is 14.0. The number of carbonyl (C=O) groups excluding carboxylic acids is 3. The van der Waals surface area contributed by atoms with Crippen molar-refractivity contribution in [3.8, 4) is 11.6 Å². The summed E-state index contributed by atoms with van der Waals surface area (Å²) < 4.78 is 10.1. The second kappa shape index (κ2) is 9.05.